The van der Waals surface area contributed by atoms with E-state index in [2.05, 4.69) is 62.0 Å². The number of hydrogen-bond acceptors (Lipinski definition) is 3. The first-order chi connectivity index (χ1) is 16.0. The van der Waals surface area contributed by atoms with Gasteiger partial charge in [0.2, 0.25) is 0 Å². The van der Waals surface area contributed by atoms with Crippen molar-refractivity contribution in [1.29, 1.82) is 0 Å². The third kappa shape index (κ3) is 4.10. The Morgan fingerprint density at radius 3 is 2.58 bits per heavy atom. The molecule has 2 aliphatic rings. The van der Waals surface area contributed by atoms with Gasteiger partial charge in [-0.05, 0) is 49.8 Å². The van der Waals surface area contributed by atoms with Crippen molar-refractivity contribution in [2.24, 2.45) is 0 Å². The van der Waals surface area contributed by atoms with Crippen LogP contribution in [0.5, 0.6) is 0 Å². The molecule has 1 heterocycles. The normalized spacial score (nSPS) is 16.3. The number of hydrogen-bond donors (Lipinski definition) is 0. The van der Waals surface area contributed by atoms with Crippen LogP contribution in [0.1, 0.15) is 61.3 Å². The average molecular weight is 457 g/mol. The van der Waals surface area contributed by atoms with Gasteiger partial charge in [-0.1, -0.05) is 91.7 Å². The molecule has 2 aliphatic carbocycles. The molecule has 1 fully saturated rings. The molecule has 5 rings (SSSR count). The summed E-state index contributed by atoms with van der Waals surface area (Å²) in [6.45, 7) is 8.77. The summed E-state index contributed by atoms with van der Waals surface area (Å²) in [5.41, 5.74) is 7.95. The monoisotopic (exact) mass is 456 g/mol. The van der Waals surface area contributed by atoms with E-state index in [4.69, 9.17) is 4.98 Å². The molecule has 170 valence electrons. The maximum atomic E-state index is 14.2. The SMILES string of the molecule is C=C(C)Cn1c(SCc2ccccc2C)nc2c(c1=O)C1(CCCCC1)Cc1ccccc1-2. The highest BCUT2D eigenvalue weighted by molar-refractivity contribution is 7.98. The zero-order chi connectivity index (χ0) is 23.0. The number of rotatable bonds is 5. The van der Waals surface area contributed by atoms with E-state index in [1.165, 1.54) is 36.0 Å². The van der Waals surface area contributed by atoms with Crippen LogP contribution in [0.2, 0.25) is 0 Å². The lowest BCUT2D eigenvalue weighted by Crippen LogP contribution is -2.43. The molecule has 0 unspecified atom stereocenters. The lowest BCUT2D eigenvalue weighted by molar-refractivity contribution is 0.282. The van der Waals surface area contributed by atoms with Crippen LogP contribution in [0.15, 0.2) is 70.6 Å². The van der Waals surface area contributed by atoms with Gasteiger partial charge in [-0.15, -0.1) is 0 Å². The second-order valence-electron chi connectivity index (χ2n) is 9.86. The van der Waals surface area contributed by atoms with E-state index in [0.29, 0.717) is 6.54 Å². The summed E-state index contributed by atoms with van der Waals surface area (Å²) < 4.78 is 1.90. The molecule has 0 atom stereocenters. The van der Waals surface area contributed by atoms with Crippen LogP contribution in [0.3, 0.4) is 0 Å². The van der Waals surface area contributed by atoms with Crippen LogP contribution in [-0.4, -0.2) is 9.55 Å². The predicted molar refractivity (Wildman–Crippen MR) is 138 cm³/mol. The molecule has 2 aromatic carbocycles. The fourth-order valence-corrected chi connectivity index (χ4v) is 6.72. The smallest absolute Gasteiger partial charge is 0.258 e. The van der Waals surface area contributed by atoms with E-state index < -0.39 is 0 Å². The van der Waals surface area contributed by atoms with Crippen LogP contribution >= 0.6 is 11.8 Å². The molecule has 0 aliphatic heterocycles. The van der Waals surface area contributed by atoms with Crippen molar-refractivity contribution in [2.75, 3.05) is 0 Å². The Kier molecular flexibility index (Phi) is 6.05. The van der Waals surface area contributed by atoms with Gasteiger partial charge in [0, 0.05) is 23.3 Å². The van der Waals surface area contributed by atoms with Crippen molar-refractivity contribution in [1.82, 2.24) is 9.55 Å². The number of aromatic nitrogens is 2. The van der Waals surface area contributed by atoms with E-state index in [-0.39, 0.29) is 11.0 Å². The van der Waals surface area contributed by atoms with Crippen molar-refractivity contribution < 1.29 is 0 Å². The lowest BCUT2D eigenvalue weighted by Gasteiger charge is -2.42. The molecule has 0 amide bonds. The molecule has 3 aromatic rings. The minimum Gasteiger partial charge on any atom is -0.283 e. The summed E-state index contributed by atoms with van der Waals surface area (Å²) in [7, 11) is 0. The highest BCUT2D eigenvalue weighted by Crippen LogP contribution is 2.48. The third-order valence-corrected chi connectivity index (χ3v) is 8.35. The second kappa shape index (κ2) is 8.98. The molecule has 4 heteroatoms. The third-order valence-electron chi connectivity index (χ3n) is 7.32. The maximum absolute atomic E-state index is 14.2. The van der Waals surface area contributed by atoms with E-state index in [9.17, 15) is 4.79 Å². The van der Waals surface area contributed by atoms with Crippen LogP contribution < -0.4 is 5.56 Å². The number of aryl methyl sites for hydroxylation is 1. The average Bonchev–Trinajstić information content (AvgIpc) is 2.81. The highest BCUT2D eigenvalue weighted by Gasteiger charge is 2.43. The zero-order valence-electron chi connectivity index (χ0n) is 19.7. The number of benzene rings is 2. The van der Waals surface area contributed by atoms with Crippen molar-refractivity contribution in [3.05, 3.63) is 93.3 Å². The zero-order valence-corrected chi connectivity index (χ0v) is 20.5. The fraction of sp³-hybridized carbons (Fsp3) is 0.379. The molecular weight excluding hydrogens is 424 g/mol. The van der Waals surface area contributed by atoms with Crippen molar-refractivity contribution in [3.8, 4) is 11.3 Å². The summed E-state index contributed by atoms with van der Waals surface area (Å²) in [6, 6.07) is 17.0. The molecule has 0 radical (unpaired) electrons. The molecule has 1 saturated carbocycles. The number of nitrogens with zero attached hydrogens (tertiary/aromatic N) is 2. The number of fused-ring (bicyclic) bond motifs is 4. The van der Waals surface area contributed by atoms with Gasteiger partial charge in [0.25, 0.3) is 5.56 Å². The Bertz CT molecular complexity index is 1270. The minimum absolute atomic E-state index is 0.0813. The van der Waals surface area contributed by atoms with Gasteiger partial charge >= 0.3 is 0 Å². The van der Waals surface area contributed by atoms with Crippen LogP contribution in [-0.2, 0) is 24.1 Å². The summed E-state index contributed by atoms with van der Waals surface area (Å²) in [5.74, 6) is 0.793. The largest absolute Gasteiger partial charge is 0.283 e. The van der Waals surface area contributed by atoms with Gasteiger partial charge in [-0.3, -0.25) is 9.36 Å². The number of thioether (sulfide) groups is 1. The molecule has 3 nitrogen and oxygen atoms in total. The van der Waals surface area contributed by atoms with Gasteiger partial charge in [0.05, 0.1) is 11.3 Å². The topological polar surface area (TPSA) is 34.9 Å². The highest BCUT2D eigenvalue weighted by atomic mass is 32.2. The lowest BCUT2D eigenvalue weighted by atomic mass is 9.62. The fourth-order valence-electron chi connectivity index (χ4n) is 5.66. The van der Waals surface area contributed by atoms with E-state index in [1.807, 2.05) is 11.5 Å². The van der Waals surface area contributed by atoms with Crippen LogP contribution in [0.25, 0.3) is 11.3 Å². The van der Waals surface area contributed by atoms with Crippen molar-refractivity contribution >= 4 is 11.8 Å². The van der Waals surface area contributed by atoms with E-state index in [0.717, 1.165) is 52.6 Å². The first kappa shape index (κ1) is 22.2. The quantitative estimate of drug-likeness (QED) is 0.239. The Balaban J connectivity index is 1.68. The summed E-state index contributed by atoms with van der Waals surface area (Å²) >= 11 is 1.66. The van der Waals surface area contributed by atoms with E-state index in [1.54, 1.807) is 11.8 Å². The molecule has 0 bridgehead atoms. The van der Waals surface area contributed by atoms with Gasteiger partial charge in [0.15, 0.2) is 5.16 Å². The molecular formula is C29H32N2OS. The summed E-state index contributed by atoms with van der Waals surface area (Å²) in [4.78, 5) is 19.4. The molecule has 1 spiro atoms. The second-order valence-corrected chi connectivity index (χ2v) is 10.8. The molecule has 0 N–H and O–H groups in total. The summed E-state index contributed by atoms with van der Waals surface area (Å²) in [6.07, 6.45) is 6.74. The Morgan fingerprint density at radius 2 is 1.82 bits per heavy atom. The molecule has 33 heavy (non-hydrogen) atoms. The van der Waals surface area contributed by atoms with E-state index >= 15 is 0 Å². The Labute approximate surface area is 201 Å². The van der Waals surface area contributed by atoms with Gasteiger partial charge in [-0.2, -0.15) is 0 Å². The number of allylic oxidation sites excluding steroid dienone is 1. The standard InChI is InChI=1S/C29H32N2OS/c1-20(2)18-31-27(32)25-26(30-28(31)33-19-23-13-6-5-11-21(23)3)24-14-8-7-12-22(24)17-29(25)15-9-4-10-16-29/h5-8,11-14H,1,4,9-10,15-19H2,2-3H3. The first-order valence-electron chi connectivity index (χ1n) is 12.0. The Hall–Kier alpha value is -2.59. The maximum Gasteiger partial charge on any atom is 0.258 e. The van der Waals surface area contributed by atoms with Gasteiger partial charge in [0.1, 0.15) is 0 Å². The van der Waals surface area contributed by atoms with Gasteiger partial charge < -0.3 is 0 Å². The van der Waals surface area contributed by atoms with Crippen molar-refractivity contribution in [2.45, 2.75) is 75.2 Å². The minimum atomic E-state index is -0.0813. The Morgan fingerprint density at radius 1 is 1.09 bits per heavy atom. The van der Waals surface area contributed by atoms with Gasteiger partial charge in [-0.25, -0.2) is 4.98 Å². The predicted octanol–water partition coefficient (Wildman–Crippen LogP) is 6.85. The molecule has 0 saturated heterocycles. The summed E-state index contributed by atoms with van der Waals surface area (Å²) in [5, 5.41) is 0.799. The van der Waals surface area contributed by atoms with Crippen LogP contribution in [0, 0.1) is 6.92 Å². The van der Waals surface area contributed by atoms with Crippen molar-refractivity contribution in [3.63, 3.8) is 0 Å². The molecule has 1 aromatic heterocycles. The van der Waals surface area contributed by atoms with Crippen LogP contribution in [0.4, 0.5) is 0 Å². The first-order valence-corrected chi connectivity index (χ1v) is 13.0.